The molecule has 4 heteroatoms. The van der Waals surface area contributed by atoms with E-state index in [1.165, 1.54) is 43.6 Å². The van der Waals surface area contributed by atoms with Gasteiger partial charge in [-0.25, -0.2) is 0 Å². The maximum atomic E-state index is 2.45. The van der Waals surface area contributed by atoms with E-state index in [-0.39, 0.29) is 0 Å². The summed E-state index contributed by atoms with van der Waals surface area (Å²) in [6.07, 6.45) is 15.1. The van der Waals surface area contributed by atoms with E-state index in [9.17, 15) is 0 Å². The van der Waals surface area contributed by atoms with Gasteiger partial charge in [0, 0.05) is 67.1 Å². The summed E-state index contributed by atoms with van der Waals surface area (Å²) >= 11 is 0. The van der Waals surface area contributed by atoms with Crippen LogP contribution in [0.5, 0.6) is 0 Å². The minimum Gasteiger partial charge on any atom is -0.311 e. The molecule has 2 aromatic heterocycles. The van der Waals surface area contributed by atoms with E-state index in [1.54, 1.807) is 0 Å². The average molecular weight is 855 g/mol. The van der Waals surface area contributed by atoms with Gasteiger partial charge in [-0.3, -0.25) is 0 Å². The summed E-state index contributed by atoms with van der Waals surface area (Å²) in [5.41, 5.74) is 15.6. The quantitative estimate of drug-likeness (QED) is 0.107. The summed E-state index contributed by atoms with van der Waals surface area (Å²) in [6, 6.07) is 71.0. The first-order valence-corrected chi connectivity index (χ1v) is 23.2. The predicted molar refractivity (Wildman–Crippen MR) is 284 cm³/mol. The third-order valence-electron chi connectivity index (χ3n) is 12.4. The summed E-state index contributed by atoms with van der Waals surface area (Å²) in [4.78, 5) is 4.81. The lowest BCUT2D eigenvalue weighted by atomic mass is 10.00. The third-order valence-corrected chi connectivity index (χ3v) is 12.4. The molecule has 0 spiro atoms. The smallest absolute Gasteiger partial charge is 0.0541 e. The number of rotatable bonds is 13. The Balaban J connectivity index is 1.33. The largest absolute Gasteiger partial charge is 0.311 e. The number of nitrogens with zero attached hydrogens (tertiary/aromatic N) is 4. The fraction of sp³-hybridized carbons (Fsp3) is 0.0968. The van der Waals surface area contributed by atoms with Crippen LogP contribution in [0.3, 0.4) is 0 Å². The number of allylic oxidation sites excluding steroid dienone is 6. The second kappa shape index (κ2) is 18.6. The van der Waals surface area contributed by atoms with Gasteiger partial charge >= 0.3 is 0 Å². The Bertz CT molecular complexity index is 3140. The normalized spacial score (nSPS) is 12.4. The van der Waals surface area contributed by atoms with Crippen molar-refractivity contribution in [3.8, 4) is 22.5 Å². The van der Waals surface area contributed by atoms with Crippen LogP contribution in [-0.2, 0) is 0 Å². The van der Waals surface area contributed by atoms with E-state index in [1.807, 2.05) is 0 Å². The highest BCUT2D eigenvalue weighted by molar-refractivity contribution is 6.11. The Hall–Kier alpha value is -8.08. The van der Waals surface area contributed by atoms with Crippen LogP contribution in [0.4, 0.5) is 22.7 Å². The Morgan fingerprint density at radius 2 is 0.712 bits per heavy atom. The van der Waals surface area contributed by atoms with Crippen LogP contribution in [0, 0.1) is 0 Å². The lowest BCUT2D eigenvalue weighted by Crippen LogP contribution is -2.18. The minimum atomic E-state index is 0.888. The lowest BCUT2D eigenvalue weighted by molar-refractivity contribution is 1.12. The molecule has 0 fully saturated rings. The molecule has 10 aromatic rings. The molecule has 2 heterocycles. The van der Waals surface area contributed by atoms with Gasteiger partial charge in [0.2, 0.25) is 0 Å². The molecular weight excluding hydrogens is 801 g/mol. The van der Waals surface area contributed by atoms with Gasteiger partial charge in [-0.2, -0.15) is 0 Å². The molecule has 0 saturated heterocycles. The predicted octanol–water partition coefficient (Wildman–Crippen LogP) is 17.6. The van der Waals surface area contributed by atoms with E-state index in [2.05, 4.69) is 277 Å². The van der Waals surface area contributed by atoms with E-state index < -0.39 is 0 Å². The number of anilines is 4. The maximum absolute atomic E-state index is 2.45. The number of hydrogen-bond donors (Lipinski definition) is 0. The number of aromatic nitrogens is 2. The second-order valence-corrected chi connectivity index (χ2v) is 16.6. The average Bonchev–Trinajstić information content (AvgIpc) is 3.88. The van der Waals surface area contributed by atoms with Crippen LogP contribution in [0.1, 0.15) is 40.5 Å². The summed E-state index contributed by atoms with van der Waals surface area (Å²) in [5, 5.41) is 4.93. The van der Waals surface area contributed by atoms with Crippen molar-refractivity contribution in [2.45, 2.75) is 40.5 Å². The van der Waals surface area contributed by atoms with Gasteiger partial charge in [-0.15, -0.1) is 0 Å². The molecule has 0 saturated carbocycles. The first-order valence-electron chi connectivity index (χ1n) is 23.2. The molecule has 0 radical (unpaired) electrons. The molecular formula is C62H54N4. The molecule has 0 bridgehead atoms. The summed E-state index contributed by atoms with van der Waals surface area (Å²) in [7, 11) is 0. The van der Waals surface area contributed by atoms with Gasteiger partial charge in [0.15, 0.2) is 0 Å². The summed E-state index contributed by atoms with van der Waals surface area (Å²) < 4.78 is 4.90. The first kappa shape index (κ1) is 41.9. The van der Waals surface area contributed by atoms with Crippen molar-refractivity contribution in [1.29, 1.82) is 0 Å². The highest BCUT2D eigenvalue weighted by Crippen LogP contribution is 2.43. The fourth-order valence-corrected chi connectivity index (χ4v) is 9.72. The highest BCUT2D eigenvalue weighted by Gasteiger charge is 2.22. The van der Waals surface area contributed by atoms with Crippen LogP contribution in [0.15, 0.2) is 242 Å². The second-order valence-electron chi connectivity index (χ2n) is 16.6. The van der Waals surface area contributed by atoms with E-state index in [0.717, 1.165) is 69.5 Å². The Labute approximate surface area is 388 Å². The van der Waals surface area contributed by atoms with Crippen LogP contribution in [-0.4, -0.2) is 9.13 Å². The summed E-state index contributed by atoms with van der Waals surface area (Å²) in [6.45, 7) is 8.61. The zero-order chi connectivity index (χ0) is 45.0. The minimum absolute atomic E-state index is 0.888. The number of hydrogen-bond acceptors (Lipinski definition) is 2. The lowest BCUT2D eigenvalue weighted by Gasteiger charge is -2.31. The van der Waals surface area contributed by atoms with Crippen LogP contribution in [0.25, 0.3) is 66.1 Å². The van der Waals surface area contributed by atoms with Crippen molar-refractivity contribution in [2.75, 3.05) is 9.80 Å². The zero-order valence-electron chi connectivity index (χ0n) is 38.1. The molecule has 0 N–H and O–H groups in total. The van der Waals surface area contributed by atoms with Gasteiger partial charge in [0.1, 0.15) is 0 Å². The molecule has 0 amide bonds. The molecule has 0 unspecified atom stereocenters. The van der Waals surface area contributed by atoms with Crippen molar-refractivity contribution in [2.24, 2.45) is 0 Å². The van der Waals surface area contributed by atoms with Crippen molar-refractivity contribution < 1.29 is 0 Å². The molecule has 0 atom stereocenters. The van der Waals surface area contributed by atoms with Crippen molar-refractivity contribution in [3.63, 3.8) is 0 Å². The molecule has 0 aliphatic heterocycles. The van der Waals surface area contributed by atoms with Crippen molar-refractivity contribution in [1.82, 2.24) is 9.13 Å². The van der Waals surface area contributed by atoms with Crippen molar-refractivity contribution >= 4 is 66.4 Å². The third kappa shape index (κ3) is 7.71. The van der Waals surface area contributed by atoms with Crippen LogP contribution >= 0.6 is 0 Å². The van der Waals surface area contributed by atoms with E-state index in [4.69, 9.17) is 0 Å². The topological polar surface area (TPSA) is 16.3 Å². The number of fused-ring (bicyclic) bond motifs is 6. The highest BCUT2D eigenvalue weighted by atomic mass is 15.2. The molecule has 66 heavy (non-hydrogen) atoms. The van der Waals surface area contributed by atoms with Crippen LogP contribution < -0.4 is 9.80 Å². The van der Waals surface area contributed by atoms with Crippen LogP contribution in [0.2, 0.25) is 0 Å². The van der Waals surface area contributed by atoms with Gasteiger partial charge in [0.05, 0.1) is 22.1 Å². The molecule has 4 nitrogen and oxygen atoms in total. The molecule has 0 aliphatic rings. The van der Waals surface area contributed by atoms with E-state index >= 15 is 0 Å². The monoisotopic (exact) mass is 854 g/mol. The zero-order valence-corrected chi connectivity index (χ0v) is 38.1. The van der Waals surface area contributed by atoms with E-state index in [0.29, 0.717) is 0 Å². The first-order chi connectivity index (χ1) is 32.6. The summed E-state index contributed by atoms with van der Waals surface area (Å²) in [5.74, 6) is 0. The maximum Gasteiger partial charge on any atom is 0.0541 e. The molecule has 10 rings (SSSR count). The Morgan fingerprint density at radius 3 is 1.06 bits per heavy atom. The van der Waals surface area contributed by atoms with Gasteiger partial charge < -0.3 is 18.9 Å². The van der Waals surface area contributed by atoms with Gasteiger partial charge in [-0.05, 0) is 135 Å². The fourth-order valence-electron chi connectivity index (χ4n) is 9.72. The van der Waals surface area contributed by atoms with Gasteiger partial charge in [0.25, 0.3) is 0 Å². The Kier molecular flexibility index (Phi) is 11.8. The molecule has 0 aliphatic carbocycles. The van der Waals surface area contributed by atoms with Gasteiger partial charge in [-0.1, -0.05) is 147 Å². The standard InChI is InChI=1S/C62H54N4/c1-5-23-47(24-6-2)63(49-27-11-9-12-28-49)51-39-45(40-52(43-51)64(48(25-7-3)26-8-4)50-29-13-10-14-30-50)46-41-53(65-59-35-19-15-31-55(59)56-32-16-20-36-60(56)65)44-54(42-46)66-61-37-21-17-33-57(61)58-34-18-22-38-62(58)66/h5,7,9-44H,6,8H2,1-4H3/b23-5-,25-7-,47-24+,48-26+. The van der Waals surface area contributed by atoms with Crippen molar-refractivity contribution in [3.05, 3.63) is 242 Å². The molecule has 8 aromatic carbocycles. The number of benzene rings is 8. The SMILES string of the molecule is C/C=C\C(=C/CC)N(c1ccccc1)c1cc(-c2cc(-n3c4ccccc4c4ccccc43)cc(-n3c4ccccc4c4ccccc43)c2)cc(N(C(/C=C\C)=C/CC)c2ccccc2)c1. The number of para-hydroxylation sites is 6. The Morgan fingerprint density at radius 1 is 0.379 bits per heavy atom. The molecule has 322 valence electrons.